The molecule has 0 radical (unpaired) electrons. The van der Waals surface area contributed by atoms with Crippen molar-refractivity contribution >= 4 is 23.6 Å². The summed E-state index contributed by atoms with van der Waals surface area (Å²) in [7, 11) is 3.86. The number of amides is 1. The van der Waals surface area contributed by atoms with Crippen molar-refractivity contribution in [1.29, 1.82) is 0 Å². The van der Waals surface area contributed by atoms with Gasteiger partial charge in [-0.2, -0.15) is 4.91 Å². The van der Waals surface area contributed by atoms with Gasteiger partial charge in [-0.25, -0.2) is 0 Å². The zero-order valence-electron chi connectivity index (χ0n) is 23.5. The van der Waals surface area contributed by atoms with Gasteiger partial charge in [-0.05, 0) is 61.3 Å². The van der Waals surface area contributed by atoms with Crippen LogP contribution in [0.4, 0.5) is 5.69 Å². The summed E-state index contributed by atoms with van der Waals surface area (Å²) in [6, 6.07) is 13.7. The average Bonchev–Trinajstić information content (AvgIpc) is 3.11. The van der Waals surface area contributed by atoms with Gasteiger partial charge < -0.3 is 25.7 Å². The van der Waals surface area contributed by atoms with Crippen LogP contribution in [-0.2, 0) is 20.7 Å². The minimum Gasteiger partial charge on any atom is -0.464 e. The van der Waals surface area contributed by atoms with Gasteiger partial charge >= 0.3 is 5.97 Å². The molecule has 0 fully saturated rings. The molecular formula is C29H39N7O4. The number of carbonyl (C=O) groups is 2. The number of esters is 1. The number of benzene rings is 2. The van der Waals surface area contributed by atoms with E-state index in [4.69, 9.17) is 10.6 Å². The maximum atomic E-state index is 13.5. The highest BCUT2D eigenvalue weighted by atomic mass is 16.5. The lowest BCUT2D eigenvalue weighted by Crippen LogP contribution is -2.35. The molecule has 0 bridgehead atoms. The van der Waals surface area contributed by atoms with Crippen molar-refractivity contribution in [2.24, 2.45) is 21.4 Å². The highest BCUT2D eigenvalue weighted by Crippen LogP contribution is 2.32. The van der Waals surface area contributed by atoms with Crippen molar-refractivity contribution in [3.63, 3.8) is 0 Å². The fourth-order valence-corrected chi connectivity index (χ4v) is 4.46. The number of nitrogens with two attached hydrogens (primary N) is 1. The molecule has 0 aliphatic carbocycles. The molecule has 11 heteroatoms. The maximum absolute atomic E-state index is 13.5. The lowest BCUT2D eigenvalue weighted by molar-refractivity contribution is -0.143. The first kappa shape index (κ1) is 30.4. The van der Waals surface area contributed by atoms with Crippen LogP contribution in [0.5, 0.6) is 0 Å². The molecule has 1 amide bonds. The fraction of sp³-hybridized carbons (Fsp3) is 0.448. The number of fused-ring (bicyclic) bond motifs is 1. The quantitative estimate of drug-likeness (QED) is 0.0896. The largest absolute Gasteiger partial charge is 0.464 e. The molecule has 0 spiro atoms. The van der Waals surface area contributed by atoms with E-state index in [9.17, 15) is 14.5 Å². The van der Waals surface area contributed by atoms with Gasteiger partial charge in [-0.15, -0.1) is 5.11 Å². The van der Waals surface area contributed by atoms with E-state index < -0.39 is 6.17 Å². The smallest absolute Gasteiger partial charge is 0.310 e. The third-order valence-electron chi connectivity index (χ3n) is 6.49. The Morgan fingerprint density at radius 2 is 1.82 bits per heavy atom. The minimum atomic E-state index is -0.516. The highest BCUT2D eigenvalue weighted by molar-refractivity contribution is 5.99. The Morgan fingerprint density at radius 1 is 1.07 bits per heavy atom. The topological polar surface area (TPSA) is 142 Å². The number of nitroso groups, excluding NO2 is 1. The number of ether oxygens (including phenoxy) is 1. The Morgan fingerprint density at radius 3 is 2.50 bits per heavy atom. The zero-order valence-corrected chi connectivity index (χ0v) is 23.5. The molecule has 1 unspecified atom stereocenters. The standard InChI is InChI=1S/C29H39N7O4/c1-4-13-36(14-5-12-31-39)29(38)25-18-24-11-10-23(19-26(24)32-27(20-25)33-34-30)22-8-6-21(7-9-22)17-28(37)40-16-15-35(2)3/h6-11,18-19,27,32H,4-5,12-17,20H2,1-3H3,(H2,30,33). The number of rotatable bonds is 14. The molecule has 214 valence electrons. The minimum absolute atomic E-state index is 0.0977. The summed E-state index contributed by atoms with van der Waals surface area (Å²) < 4.78 is 5.29. The molecule has 0 saturated carbocycles. The number of carbonyl (C=O) groups excluding carboxylic acids is 2. The first-order valence-corrected chi connectivity index (χ1v) is 13.5. The molecule has 2 aromatic rings. The van der Waals surface area contributed by atoms with Crippen molar-refractivity contribution in [1.82, 2.24) is 9.80 Å². The second-order valence-corrected chi connectivity index (χ2v) is 9.96. The van der Waals surface area contributed by atoms with E-state index in [1.165, 1.54) is 0 Å². The molecule has 1 aliphatic heterocycles. The van der Waals surface area contributed by atoms with Gasteiger partial charge in [-0.3, -0.25) is 9.59 Å². The van der Waals surface area contributed by atoms with Crippen LogP contribution in [-0.4, -0.2) is 74.7 Å². The second kappa shape index (κ2) is 15.5. The van der Waals surface area contributed by atoms with Crippen LogP contribution in [0.2, 0.25) is 0 Å². The van der Waals surface area contributed by atoms with E-state index in [0.717, 1.165) is 34.4 Å². The van der Waals surface area contributed by atoms with Crippen LogP contribution in [0, 0.1) is 4.91 Å². The molecule has 3 rings (SSSR count). The van der Waals surface area contributed by atoms with E-state index in [0.29, 0.717) is 44.7 Å². The van der Waals surface area contributed by atoms with Crippen molar-refractivity contribution in [2.75, 3.05) is 52.2 Å². The van der Waals surface area contributed by atoms with Crippen LogP contribution >= 0.6 is 0 Å². The lowest BCUT2D eigenvalue weighted by atomic mass is 9.99. The average molecular weight is 550 g/mol. The summed E-state index contributed by atoms with van der Waals surface area (Å²) in [4.78, 5) is 39.8. The number of nitrogens with one attached hydrogen (secondary N) is 1. The maximum Gasteiger partial charge on any atom is 0.310 e. The zero-order chi connectivity index (χ0) is 28.9. The predicted octanol–water partition coefficient (Wildman–Crippen LogP) is 4.25. The van der Waals surface area contributed by atoms with Gasteiger partial charge in [-0.1, -0.05) is 53.7 Å². The summed E-state index contributed by atoms with van der Waals surface area (Å²) in [6.45, 7) is 4.28. The highest BCUT2D eigenvalue weighted by Gasteiger charge is 2.25. The molecular weight excluding hydrogens is 510 g/mol. The summed E-state index contributed by atoms with van der Waals surface area (Å²) in [5.74, 6) is 5.03. The number of hydrogen-bond acceptors (Lipinski definition) is 9. The van der Waals surface area contributed by atoms with Gasteiger partial charge in [0, 0.05) is 37.3 Å². The van der Waals surface area contributed by atoms with Crippen molar-refractivity contribution in [2.45, 2.75) is 38.8 Å². The van der Waals surface area contributed by atoms with E-state index in [2.05, 4.69) is 20.8 Å². The Labute approximate surface area is 235 Å². The predicted molar refractivity (Wildman–Crippen MR) is 156 cm³/mol. The summed E-state index contributed by atoms with van der Waals surface area (Å²) in [6.07, 6.45) is 3.21. The Balaban J connectivity index is 1.80. The summed E-state index contributed by atoms with van der Waals surface area (Å²) >= 11 is 0. The molecule has 1 aliphatic rings. The van der Waals surface area contributed by atoms with Crippen molar-refractivity contribution < 1.29 is 14.3 Å². The molecule has 1 atom stereocenters. The summed E-state index contributed by atoms with van der Waals surface area (Å²) in [5, 5.41) is 13.8. The number of likely N-dealkylation sites (N-methyl/N-ethyl adjacent to an activating group) is 1. The third kappa shape index (κ3) is 8.98. The van der Waals surface area contributed by atoms with Crippen molar-refractivity contribution in [3.05, 3.63) is 64.1 Å². The SMILES string of the molecule is CCCN(CCCN=O)C(=O)C1=Cc2ccc(-c3ccc(CC(=O)OCCN(C)C)cc3)cc2NC(N=NN)C1. The Bertz CT molecular complexity index is 1210. The molecule has 0 aromatic heterocycles. The number of nitrogens with zero attached hydrogens (tertiary/aromatic N) is 5. The van der Waals surface area contributed by atoms with Crippen LogP contribution in [0.15, 0.2) is 63.6 Å². The van der Waals surface area contributed by atoms with Gasteiger partial charge in [0.15, 0.2) is 0 Å². The fourth-order valence-electron chi connectivity index (χ4n) is 4.46. The van der Waals surface area contributed by atoms with Gasteiger partial charge in [0.1, 0.15) is 12.8 Å². The first-order valence-electron chi connectivity index (χ1n) is 13.5. The van der Waals surface area contributed by atoms with Gasteiger partial charge in [0.25, 0.3) is 0 Å². The number of anilines is 1. The third-order valence-corrected chi connectivity index (χ3v) is 6.49. The van der Waals surface area contributed by atoms with Gasteiger partial charge in [0.2, 0.25) is 5.91 Å². The molecule has 40 heavy (non-hydrogen) atoms. The van der Waals surface area contributed by atoms with Crippen molar-refractivity contribution in [3.8, 4) is 11.1 Å². The Kier molecular flexibility index (Phi) is 11.8. The Hall–Kier alpha value is -4.12. The number of hydrogen-bond donors (Lipinski definition) is 2. The van der Waals surface area contributed by atoms with Crippen LogP contribution in [0.25, 0.3) is 17.2 Å². The summed E-state index contributed by atoms with van der Waals surface area (Å²) in [5.41, 5.74) is 5.07. The van der Waals surface area contributed by atoms with E-state index in [1.807, 2.05) is 74.5 Å². The van der Waals surface area contributed by atoms with Gasteiger partial charge in [0.05, 0.1) is 13.0 Å². The van der Waals surface area contributed by atoms with E-state index >= 15 is 0 Å². The molecule has 1 heterocycles. The monoisotopic (exact) mass is 549 g/mol. The second-order valence-electron chi connectivity index (χ2n) is 9.96. The van der Waals surface area contributed by atoms with E-state index in [-0.39, 0.29) is 24.8 Å². The molecule has 0 saturated heterocycles. The first-order chi connectivity index (χ1) is 19.3. The van der Waals surface area contributed by atoms with Crippen LogP contribution in [0.1, 0.15) is 37.3 Å². The molecule has 2 aromatic carbocycles. The van der Waals surface area contributed by atoms with Crippen LogP contribution < -0.4 is 11.2 Å². The molecule has 3 N–H and O–H groups in total. The van der Waals surface area contributed by atoms with Crippen LogP contribution in [0.3, 0.4) is 0 Å². The lowest BCUT2D eigenvalue weighted by Gasteiger charge is -2.23. The molecule has 11 nitrogen and oxygen atoms in total. The normalized spacial score (nSPS) is 14.7. The van der Waals surface area contributed by atoms with E-state index in [1.54, 1.807) is 4.90 Å².